The molecule has 2 fully saturated rings. The van der Waals surface area contributed by atoms with Crippen LogP contribution in [-0.4, -0.2) is 31.8 Å². The highest BCUT2D eigenvalue weighted by Crippen LogP contribution is 2.40. The Bertz CT molecular complexity index is 514. The molecular formula is C21H31FO3. The molecule has 0 radical (unpaired) electrons. The third kappa shape index (κ3) is 4.73. The van der Waals surface area contributed by atoms with E-state index in [1.54, 1.807) is 0 Å². The third-order valence-electron chi connectivity index (χ3n) is 5.53. The summed E-state index contributed by atoms with van der Waals surface area (Å²) in [5.41, 5.74) is 0.100. The second-order valence-corrected chi connectivity index (χ2v) is 7.51. The zero-order chi connectivity index (χ0) is 17.7. The Morgan fingerprint density at radius 2 is 1.68 bits per heavy atom. The molecule has 0 spiro atoms. The van der Waals surface area contributed by atoms with E-state index >= 15 is 0 Å². The van der Waals surface area contributed by atoms with Crippen molar-refractivity contribution >= 4 is 0 Å². The van der Waals surface area contributed by atoms with Gasteiger partial charge in [0.2, 0.25) is 0 Å². The summed E-state index contributed by atoms with van der Waals surface area (Å²) in [7, 11) is 0. The summed E-state index contributed by atoms with van der Waals surface area (Å²) < 4.78 is 31.4. The zero-order valence-corrected chi connectivity index (χ0v) is 15.5. The molecule has 0 amide bonds. The van der Waals surface area contributed by atoms with Gasteiger partial charge < -0.3 is 14.2 Å². The Labute approximate surface area is 150 Å². The molecule has 0 bridgehead atoms. The van der Waals surface area contributed by atoms with Gasteiger partial charge in [0.05, 0.1) is 19.8 Å². The molecule has 0 atom stereocenters. The largest absolute Gasteiger partial charge is 0.494 e. The van der Waals surface area contributed by atoms with Gasteiger partial charge in [-0.15, -0.1) is 0 Å². The fourth-order valence-electron chi connectivity index (χ4n) is 4.14. The second-order valence-electron chi connectivity index (χ2n) is 7.51. The molecule has 2 aliphatic rings. The highest BCUT2D eigenvalue weighted by atomic mass is 19.1. The molecule has 3 nitrogen and oxygen atoms in total. The number of hydrogen-bond acceptors (Lipinski definition) is 3. The quantitative estimate of drug-likeness (QED) is 0.702. The maximum Gasteiger partial charge on any atom is 0.160 e. The molecule has 1 aromatic carbocycles. The smallest absolute Gasteiger partial charge is 0.160 e. The SMILES string of the molecule is CCCC1(F)COC(C2CCC(c3ccc(OCC)cc3)CC2)OC1. The van der Waals surface area contributed by atoms with Crippen molar-refractivity contribution in [2.24, 2.45) is 5.92 Å². The van der Waals surface area contributed by atoms with E-state index in [2.05, 4.69) is 24.3 Å². The van der Waals surface area contributed by atoms with Crippen LogP contribution >= 0.6 is 0 Å². The summed E-state index contributed by atoms with van der Waals surface area (Å²) in [6, 6.07) is 8.50. The fraction of sp³-hybridized carbons (Fsp3) is 0.714. The normalized spacial score (nSPS) is 33.2. The van der Waals surface area contributed by atoms with Crippen molar-refractivity contribution in [2.75, 3.05) is 19.8 Å². The van der Waals surface area contributed by atoms with Crippen molar-refractivity contribution in [2.45, 2.75) is 70.2 Å². The molecule has 25 heavy (non-hydrogen) atoms. The molecule has 140 valence electrons. The first-order valence-electron chi connectivity index (χ1n) is 9.78. The summed E-state index contributed by atoms with van der Waals surface area (Å²) in [6.45, 7) is 5.06. The topological polar surface area (TPSA) is 27.7 Å². The van der Waals surface area contributed by atoms with Gasteiger partial charge in [0.15, 0.2) is 12.0 Å². The number of halogens is 1. The summed E-state index contributed by atoms with van der Waals surface area (Å²) in [5, 5.41) is 0. The average Bonchev–Trinajstić information content (AvgIpc) is 2.64. The molecule has 1 aliphatic heterocycles. The maximum atomic E-state index is 14.4. The molecule has 1 heterocycles. The van der Waals surface area contributed by atoms with Crippen LogP contribution in [0.4, 0.5) is 4.39 Å². The standard InChI is InChI=1S/C21H31FO3/c1-3-13-21(22)14-24-20(25-15-21)18-7-5-16(6-8-18)17-9-11-19(12-10-17)23-4-2/h9-12,16,18,20H,3-8,13-15H2,1-2H3. The van der Waals surface area contributed by atoms with E-state index in [4.69, 9.17) is 14.2 Å². The molecule has 1 aliphatic carbocycles. The van der Waals surface area contributed by atoms with Crippen LogP contribution in [0.3, 0.4) is 0 Å². The van der Waals surface area contributed by atoms with Crippen LogP contribution in [0.1, 0.15) is 63.9 Å². The summed E-state index contributed by atoms with van der Waals surface area (Å²) in [5.74, 6) is 1.92. The molecule has 1 saturated carbocycles. The predicted octanol–water partition coefficient (Wildman–Crippen LogP) is 5.24. The molecule has 4 heteroatoms. The van der Waals surface area contributed by atoms with Crippen molar-refractivity contribution in [1.29, 1.82) is 0 Å². The van der Waals surface area contributed by atoms with E-state index in [0.29, 0.717) is 24.9 Å². The molecule has 0 N–H and O–H groups in total. The lowest BCUT2D eigenvalue weighted by molar-refractivity contribution is -0.257. The van der Waals surface area contributed by atoms with E-state index in [1.807, 2.05) is 13.8 Å². The highest BCUT2D eigenvalue weighted by molar-refractivity contribution is 5.29. The van der Waals surface area contributed by atoms with Crippen molar-refractivity contribution in [3.05, 3.63) is 29.8 Å². The minimum Gasteiger partial charge on any atom is -0.494 e. The lowest BCUT2D eigenvalue weighted by Crippen LogP contribution is -2.46. The van der Waals surface area contributed by atoms with Crippen molar-refractivity contribution < 1.29 is 18.6 Å². The van der Waals surface area contributed by atoms with E-state index in [-0.39, 0.29) is 19.5 Å². The fourth-order valence-corrected chi connectivity index (χ4v) is 4.14. The minimum atomic E-state index is -1.29. The maximum absolute atomic E-state index is 14.4. The lowest BCUT2D eigenvalue weighted by atomic mass is 9.78. The minimum absolute atomic E-state index is 0.185. The van der Waals surface area contributed by atoms with Gasteiger partial charge in [-0.1, -0.05) is 25.5 Å². The molecule has 0 unspecified atom stereocenters. The zero-order valence-electron chi connectivity index (χ0n) is 15.5. The van der Waals surface area contributed by atoms with E-state index in [0.717, 1.165) is 37.9 Å². The van der Waals surface area contributed by atoms with Gasteiger partial charge in [-0.05, 0) is 62.6 Å². The molecule has 3 rings (SSSR count). The molecule has 1 aromatic rings. The Morgan fingerprint density at radius 1 is 1.04 bits per heavy atom. The first-order valence-corrected chi connectivity index (χ1v) is 9.78. The average molecular weight is 350 g/mol. The first kappa shape index (κ1) is 18.7. The van der Waals surface area contributed by atoms with E-state index in [9.17, 15) is 4.39 Å². The van der Waals surface area contributed by atoms with Gasteiger partial charge in [-0.25, -0.2) is 4.39 Å². The van der Waals surface area contributed by atoms with Crippen LogP contribution in [0.2, 0.25) is 0 Å². The lowest BCUT2D eigenvalue weighted by Gasteiger charge is -2.40. The van der Waals surface area contributed by atoms with Crippen molar-refractivity contribution in [3.8, 4) is 5.75 Å². The first-order chi connectivity index (χ1) is 12.1. The van der Waals surface area contributed by atoms with Crippen LogP contribution in [0.25, 0.3) is 0 Å². The van der Waals surface area contributed by atoms with Crippen LogP contribution < -0.4 is 4.74 Å². The second kappa shape index (κ2) is 8.50. The highest BCUT2D eigenvalue weighted by Gasteiger charge is 2.39. The van der Waals surface area contributed by atoms with Gasteiger partial charge >= 0.3 is 0 Å². The Kier molecular flexibility index (Phi) is 6.34. The Morgan fingerprint density at radius 3 is 2.24 bits per heavy atom. The third-order valence-corrected chi connectivity index (χ3v) is 5.53. The van der Waals surface area contributed by atoms with Crippen LogP contribution in [-0.2, 0) is 9.47 Å². The van der Waals surface area contributed by atoms with Crippen molar-refractivity contribution in [3.63, 3.8) is 0 Å². The number of hydrogen-bond donors (Lipinski definition) is 0. The molecule has 1 saturated heterocycles. The van der Waals surface area contributed by atoms with E-state index < -0.39 is 5.67 Å². The molecular weight excluding hydrogens is 319 g/mol. The number of benzene rings is 1. The van der Waals surface area contributed by atoms with Gasteiger partial charge in [-0.2, -0.15) is 0 Å². The number of rotatable bonds is 6. The van der Waals surface area contributed by atoms with Gasteiger partial charge in [0.1, 0.15) is 5.75 Å². The van der Waals surface area contributed by atoms with Gasteiger partial charge in [-0.3, -0.25) is 0 Å². The van der Waals surface area contributed by atoms with Crippen LogP contribution in [0.5, 0.6) is 5.75 Å². The van der Waals surface area contributed by atoms with Gasteiger partial charge in [0.25, 0.3) is 0 Å². The molecule has 0 aromatic heterocycles. The number of ether oxygens (including phenoxy) is 3. The van der Waals surface area contributed by atoms with Crippen molar-refractivity contribution in [1.82, 2.24) is 0 Å². The number of alkyl halides is 1. The summed E-state index contributed by atoms with van der Waals surface area (Å²) in [4.78, 5) is 0. The Hall–Kier alpha value is -1.13. The monoisotopic (exact) mass is 350 g/mol. The Balaban J connectivity index is 1.47. The predicted molar refractivity (Wildman–Crippen MR) is 96.7 cm³/mol. The van der Waals surface area contributed by atoms with E-state index in [1.165, 1.54) is 5.56 Å². The summed E-state index contributed by atoms with van der Waals surface area (Å²) in [6.07, 6.45) is 5.55. The summed E-state index contributed by atoms with van der Waals surface area (Å²) >= 11 is 0. The van der Waals surface area contributed by atoms with Crippen LogP contribution in [0.15, 0.2) is 24.3 Å². The van der Waals surface area contributed by atoms with Crippen LogP contribution in [0, 0.1) is 5.92 Å². The van der Waals surface area contributed by atoms with Gasteiger partial charge in [0, 0.05) is 5.92 Å².